The first kappa shape index (κ1) is 14.9. The zero-order chi connectivity index (χ0) is 15.8. The van der Waals surface area contributed by atoms with Crippen LogP contribution in [0.3, 0.4) is 0 Å². The van der Waals surface area contributed by atoms with Crippen molar-refractivity contribution in [1.29, 1.82) is 0 Å². The van der Waals surface area contributed by atoms with Crippen molar-refractivity contribution in [2.24, 2.45) is 11.8 Å². The summed E-state index contributed by atoms with van der Waals surface area (Å²) >= 11 is 1.66. The summed E-state index contributed by atoms with van der Waals surface area (Å²) in [6.45, 7) is 2.93. The van der Waals surface area contributed by atoms with E-state index in [0.717, 1.165) is 61.4 Å². The highest BCUT2D eigenvalue weighted by Crippen LogP contribution is 2.32. The number of thiophene rings is 1. The molecular weight excluding hydrogens is 308 g/mol. The molecule has 3 heterocycles. The first-order chi connectivity index (χ1) is 11.2. The number of amides is 1. The summed E-state index contributed by atoms with van der Waals surface area (Å²) in [5.74, 6) is 2.35. The Balaban J connectivity index is 1.37. The van der Waals surface area contributed by atoms with Crippen molar-refractivity contribution in [2.75, 3.05) is 31.6 Å². The number of aromatic nitrogens is 2. The minimum Gasteiger partial charge on any atom is -0.356 e. The van der Waals surface area contributed by atoms with Gasteiger partial charge in [0.2, 0.25) is 5.91 Å². The minimum absolute atomic E-state index is 0.327. The zero-order valence-corrected chi connectivity index (χ0v) is 14.3. The van der Waals surface area contributed by atoms with Crippen molar-refractivity contribution >= 4 is 33.3 Å². The normalized spacial score (nSPS) is 19.3. The van der Waals surface area contributed by atoms with E-state index in [1.165, 1.54) is 0 Å². The summed E-state index contributed by atoms with van der Waals surface area (Å²) in [6, 6.07) is 2.11. The average Bonchev–Trinajstić information content (AvgIpc) is 3.31. The third-order valence-electron chi connectivity index (χ3n) is 4.99. The lowest BCUT2D eigenvalue weighted by Gasteiger charge is -2.34. The lowest BCUT2D eigenvalue weighted by Crippen LogP contribution is -2.40. The number of piperidine rings is 1. The molecule has 6 heteroatoms. The Kier molecular flexibility index (Phi) is 3.93. The lowest BCUT2D eigenvalue weighted by atomic mass is 9.96. The Hall–Kier alpha value is -1.69. The molecular formula is C17H22N4OS. The quantitative estimate of drug-likeness (QED) is 0.865. The average molecular weight is 330 g/mol. The van der Waals surface area contributed by atoms with E-state index in [1.807, 2.05) is 11.9 Å². The minimum atomic E-state index is 0.327. The summed E-state index contributed by atoms with van der Waals surface area (Å²) in [6.07, 6.45) is 6.09. The summed E-state index contributed by atoms with van der Waals surface area (Å²) in [4.78, 5) is 26.3. The highest BCUT2D eigenvalue weighted by Gasteiger charge is 2.33. The number of hydrogen-bond acceptors (Lipinski definition) is 5. The molecule has 0 unspecified atom stereocenters. The molecule has 23 heavy (non-hydrogen) atoms. The third kappa shape index (κ3) is 3.04. The fourth-order valence-corrected chi connectivity index (χ4v) is 4.20. The molecule has 0 atom stereocenters. The van der Waals surface area contributed by atoms with Crippen LogP contribution in [-0.2, 0) is 4.79 Å². The molecule has 0 bridgehead atoms. The molecule has 122 valence electrons. The zero-order valence-electron chi connectivity index (χ0n) is 13.4. The Morgan fingerprint density at radius 1 is 1.30 bits per heavy atom. The fourth-order valence-electron chi connectivity index (χ4n) is 3.48. The number of carbonyl (C=O) groups excluding carboxylic acids is 1. The molecule has 0 radical (unpaired) electrons. The summed E-state index contributed by atoms with van der Waals surface area (Å²) in [5, 5.41) is 3.24. The van der Waals surface area contributed by atoms with Crippen LogP contribution in [0.15, 0.2) is 17.8 Å². The van der Waals surface area contributed by atoms with E-state index in [1.54, 1.807) is 17.7 Å². The van der Waals surface area contributed by atoms with Gasteiger partial charge in [-0.05, 0) is 43.0 Å². The number of hydrogen-bond donors (Lipinski definition) is 0. The van der Waals surface area contributed by atoms with Crippen molar-refractivity contribution in [3.8, 4) is 0 Å². The molecule has 5 nitrogen and oxygen atoms in total. The maximum Gasteiger partial charge on any atom is 0.225 e. The molecule has 4 rings (SSSR count). The fraction of sp³-hybridized carbons (Fsp3) is 0.588. The molecule has 0 aromatic carbocycles. The highest BCUT2D eigenvalue weighted by atomic mass is 32.1. The summed E-state index contributed by atoms with van der Waals surface area (Å²) in [5.41, 5.74) is 0. The molecule has 0 spiro atoms. The van der Waals surface area contributed by atoms with Gasteiger partial charge in [0.05, 0.1) is 5.39 Å². The van der Waals surface area contributed by atoms with Crippen LogP contribution in [0.5, 0.6) is 0 Å². The van der Waals surface area contributed by atoms with Crippen LogP contribution in [0, 0.1) is 11.8 Å². The summed E-state index contributed by atoms with van der Waals surface area (Å²) in [7, 11) is 1.96. The molecule has 1 saturated heterocycles. The second kappa shape index (κ2) is 6.07. The van der Waals surface area contributed by atoms with Crippen LogP contribution >= 0.6 is 11.3 Å². The van der Waals surface area contributed by atoms with Crippen molar-refractivity contribution < 1.29 is 4.79 Å². The predicted octanol–water partition coefficient (Wildman–Crippen LogP) is 2.78. The number of anilines is 1. The maximum atomic E-state index is 12.1. The molecule has 2 aromatic rings. The first-order valence-corrected chi connectivity index (χ1v) is 9.28. The maximum absolute atomic E-state index is 12.1. The Bertz CT molecular complexity index is 703. The van der Waals surface area contributed by atoms with Gasteiger partial charge in [-0.2, -0.15) is 0 Å². The van der Waals surface area contributed by atoms with Crippen molar-refractivity contribution in [2.45, 2.75) is 25.7 Å². The number of rotatable bonds is 4. The molecule has 1 amide bonds. The predicted molar refractivity (Wildman–Crippen MR) is 92.7 cm³/mol. The second-order valence-electron chi connectivity index (χ2n) is 6.76. The van der Waals surface area contributed by atoms with E-state index >= 15 is 0 Å². The Morgan fingerprint density at radius 3 is 2.83 bits per heavy atom. The molecule has 2 fully saturated rings. The van der Waals surface area contributed by atoms with Gasteiger partial charge in [-0.1, -0.05) is 0 Å². The lowest BCUT2D eigenvalue weighted by molar-refractivity contribution is -0.131. The Morgan fingerprint density at radius 2 is 2.09 bits per heavy atom. The van der Waals surface area contributed by atoms with Crippen LogP contribution < -0.4 is 4.90 Å². The van der Waals surface area contributed by atoms with Crippen LogP contribution in [0.1, 0.15) is 25.7 Å². The standard InChI is InChI=1S/C17H22N4OS/c1-20(17(22)13-2-3-13)10-12-4-7-21(8-5-12)15-14-6-9-23-16(14)19-11-18-15/h6,9,11-13H,2-5,7-8,10H2,1H3. The van der Waals surface area contributed by atoms with Gasteiger partial charge in [0.15, 0.2) is 0 Å². The molecule has 2 aromatic heterocycles. The SMILES string of the molecule is CN(CC1CCN(c2ncnc3sccc23)CC1)C(=O)C1CC1. The second-order valence-corrected chi connectivity index (χ2v) is 7.65. The van der Waals surface area contributed by atoms with E-state index in [0.29, 0.717) is 17.7 Å². The summed E-state index contributed by atoms with van der Waals surface area (Å²) < 4.78 is 0. The van der Waals surface area contributed by atoms with E-state index < -0.39 is 0 Å². The van der Waals surface area contributed by atoms with E-state index in [9.17, 15) is 4.79 Å². The van der Waals surface area contributed by atoms with Crippen LogP contribution in [0.4, 0.5) is 5.82 Å². The third-order valence-corrected chi connectivity index (χ3v) is 5.81. The highest BCUT2D eigenvalue weighted by molar-refractivity contribution is 7.16. The van der Waals surface area contributed by atoms with Gasteiger partial charge in [0.1, 0.15) is 17.0 Å². The van der Waals surface area contributed by atoms with Gasteiger partial charge < -0.3 is 9.80 Å². The molecule has 2 aliphatic rings. The Labute approximate surface area is 140 Å². The van der Waals surface area contributed by atoms with Crippen LogP contribution in [0.25, 0.3) is 10.2 Å². The van der Waals surface area contributed by atoms with Crippen LogP contribution in [-0.4, -0.2) is 47.5 Å². The number of carbonyl (C=O) groups is 1. The van der Waals surface area contributed by atoms with Crippen molar-refractivity contribution in [1.82, 2.24) is 14.9 Å². The van der Waals surface area contributed by atoms with Crippen molar-refractivity contribution in [3.05, 3.63) is 17.8 Å². The van der Waals surface area contributed by atoms with E-state index in [-0.39, 0.29) is 0 Å². The van der Waals surface area contributed by atoms with E-state index in [2.05, 4.69) is 26.3 Å². The van der Waals surface area contributed by atoms with Crippen LogP contribution in [0.2, 0.25) is 0 Å². The number of nitrogens with zero attached hydrogens (tertiary/aromatic N) is 4. The largest absolute Gasteiger partial charge is 0.356 e. The van der Waals surface area contributed by atoms with E-state index in [4.69, 9.17) is 0 Å². The molecule has 0 N–H and O–H groups in total. The molecule has 1 saturated carbocycles. The van der Waals surface area contributed by atoms with Gasteiger partial charge in [0.25, 0.3) is 0 Å². The molecule has 1 aliphatic carbocycles. The van der Waals surface area contributed by atoms with Gasteiger partial charge in [0, 0.05) is 32.6 Å². The topological polar surface area (TPSA) is 49.3 Å². The van der Waals surface area contributed by atoms with Gasteiger partial charge >= 0.3 is 0 Å². The van der Waals surface area contributed by atoms with Gasteiger partial charge in [-0.3, -0.25) is 4.79 Å². The van der Waals surface area contributed by atoms with Crippen molar-refractivity contribution in [3.63, 3.8) is 0 Å². The van der Waals surface area contributed by atoms with Gasteiger partial charge in [-0.25, -0.2) is 9.97 Å². The number of fused-ring (bicyclic) bond motifs is 1. The molecule has 1 aliphatic heterocycles. The smallest absolute Gasteiger partial charge is 0.225 e. The monoisotopic (exact) mass is 330 g/mol. The van der Waals surface area contributed by atoms with Gasteiger partial charge in [-0.15, -0.1) is 11.3 Å². The first-order valence-electron chi connectivity index (χ1n) is 8.40.